The van der Waals surface area contributed by atoms with Gasteiger partial charge < -0.3 is 10.6 Å². The molecule has 21 heavy (non-hydrogen) atoms. The first-order valence-electron chi connectivity index (χ1n) is 8.57. The van der Waals surface area contributed by atoms with E-state index < -0.39 is 0 Å². The Bertz CT molecular complexity index is 400. The molecule has 118 valence electrons. The maximum absolute atomic E-state index is 6.59. The fourth-order valence-corrected chi connectivity index (χ4v) is 3.65. The lowest BCUT2D eigenvalue weighted by atomic mass is 9.71. The van der Waals surface area contributed by atoms with Gasteiger partial charge in [-0.1, -0.05) is 44.2 Å². The van der Waals surface area contributed by atoms with Gasteiger partial charge in [-0.15, -0.1) is 0 Å². The Morgan fingerprint density at radius 2 is 1.81 bits per heavy atom. The van der Waals surface area contributed by atoms with E-state index in [0.717, 1.165) is 24.7 Å². The summed E-state index contributed by atoms with van der Waals surface area (Å²) in [5, 5.41) is 0. The third-order valence-electron chi connectivity index (χ3n) is 5.52. The molecule has 2 heteroatoms. The lowest BCUT2D eigenvalue weighted by Gasteiger charge is -2.37. The first-order valence-corrected chi connectivity index (χ1v) is 8.57. The molecule has 1 saturated carbocycles. The molecule has 0 aromatic carbocycles. The van der Waals surface area contributed by atoms with Crippen molar-refractivity contribution in [1.29, 1.82) is 0 Å². The van der Waals surface area contributed by atoms with Gasteiger partial charge in [-0.05, 0) is 44.4 Å². The number of rotatable bonds is 7. The predicted octanol–water partition coefficient (Wildman–Crippen LogP) is 4.11. The summed E-state index contributed by atoms with van der Waals surface area (Å²) in [5.74, 6) is 1.47. The summed E-state index contributed by atoms with van der Waals surface area (Å²) < 4.78 is 0. The van der Waals surface area contributed by atoms with Crippen LogP contribution < -0.4 is 5.73 Å². The van der Waals surface area contributed by atoms with Crippen LogP contribution in [0.3, 0.4) is 0 Å². The largest absolute Gasteiger partial charge is 0.374 e. The summed E-state index contributed by atoms with van der Waals surface area (Å²) in [6.45, 7) is 15.3. The summed E-state index contributed by atoms with van der Waals surface area (Å²) in [6, 6.07) is 0.00567. The van der Waals surface area contributed by atoms with Crippen LogP contribution in [-0.4, -0.2) is 24.0 Å². The van der Waals surface area contributed by atoms with Crippen LogP contribution in [0.15, 0.2) is 36.6 Å². The minimum Gasteiger partial charge on any atom is -0.374 e. The summed E-state index contributed by atoms with van der Waals surface area (Å²) in [5.41, 5.74) is 9.10. The molecule has 3 atom stereocenters. The van der Waals surface area contributed by atoms with Gasteiger partial charge in [0.2, 0.25) is 0 Å². The van der Waals surface area contributed by atoms with E-state index in [1.807, 2.05) is 0 Å². The van der Waals surface area contributed by atoms with Gasteiger partial charge in [0.1, 0.15) is 0 Å². The van der Waals surface area contributed by atoms with Crippen LogP contribution in [0.5, 0.6) is 0 Å². The number of hydrogen-bond donors (Lipinski definition) is 1. The quantitative estimate of drug-likeness (QED) is 0.714. The second kappa shape index (κ2) is 7.31. The van der Waals surface area contributed by atoms with Gasteiger partial charge in [0.05, 0.1) is 6.04 Å². The molecule has 0 bridgehead atoms. The lowest BCUT2D eigenvalue weighted by molar-refractivity contribution is 0.292. The molecule has 1 heterocycles. The van der Waals surface area contributed by atoms with Gasteiger partial charge in [-0.2, -0.15) is 0 Å². The highest BCUT2D eigenvalue weighted by Crippen LogP contribution is 2.39. The van der Waals surface area contributed by atoms with Crippen molar-refractivity contribution in [2.24, 2.45) is 23.5 Å². The number of allylic oxidation sites excluding steroid dienone is 2. The second-order valence-electron chi connectivity index (χ2n) is 6.81. The van der Waals surface area contributed by atoms with E-state index in [1.165, 1.54) is 37.7 Å². The zero-order chi connectivity index (χ0) is 15.4. The minimum absolute atomic E-state index is 0.00567. The molecular formula is C19H32N2. The molecule has 2 fully saturated rings. The molecule has 2 aliphatic rings. The van der Waals surface area contributed by atoms with Crippen molar-refractivity contribution in [3.05, 3.63) is 36.6 Å². The van der Waals surface area contributed by atoms with E-state index in [-0.39, 0.29) is 6.04 Å². The van der Waals surface area contributed by atoms with E-state index in [1.54, 1.807) is 0 Å². The fraction of sp³-hybridized carbons (Fsp3) is 0.684. The van der Waals surface area contributed by atoms with Gasteiger partial charge in [0.15, 0.2) is 0 Å². The van der Waals surface area contributed by atoms with Crippen molar-refractivity contribution >= 4 is 0 Å². The highest BCUT2D eigenvalue weighted by atomic mass is 15.2. The Hall–Kier alpha value is -1.02. The molecule has 2 nitrogen and oxygen atoms in total. The maximum Gasteiger partial charge on any atom is 0.0509 e. The van der Waals surface area contributed by atoms with E-state index in [9.17, 15) is 0 Å². The maximum atomic E-state index is 6.59. The first-order chi connectivity index (χ1) is 10.1. The summed E-state index contributed by atoms with van der Waals surface area (Å²) in [6.07, 6.45) is 10.9. The van der Waals surface area contributed by atoms with Gasteiger partial charge >= 0.3 is 0 Å². The van der Waals surface area contributed by atoms with Crippen molar-refractivity contribution in [2.45, 2.75) is 52.0 Å². The molecule has 0 amide bonds. The summed E-state index contributed by atoms with van der Waals surface area (Å²) in [7, 11) is 0. The van der Waals surface area contributed by atoms with Crippen LogP contribution in [0.1, 0.15) is 46.0 Å². The summed E-state index contributed by atoms with van der Waals surface area (Å²) in [4.78, 5) is 2.37. The van der Waals surface area contributed by atoms with E-state index in [2.05, 4.69) is 44.1 Å². The Morgan fingerprint density at radius 1 is 1.19 bits per heavy atom. The third-order valence-corrected chi connectivity index (χ3v) is 5.52. The average Bonchev–Trinajstić information content (AvgIpc) is 2.94. The molecule has 0 spiro atoms. The molecule has 3 unspecified atom stereocenters. The standard InChI is InChI=1S/C19H32N2/c1-5-9-18(15(3)14(2)17-10-8-11-17)19(20)16(4)21-12-6-7-13-21/h5,9,15,17-19H,2,4,6-8,10-13,20H2,1,3H3/b9-5-. The van der Waals surface area contributed by atoms with Crippen LogP contribution in [0, 0.1) is 17.8 Å². The molecular weight excluding hydrogens is 256 g/mol. The van der Waals surface area contributed by atoms with Crippen molar-refractivity contribution in [1.82, 2.24) is 4.90 Å². The second-order valence-corrected chi connectivity index (χ2v) is 6.81. The molecule has 1 saturated heterocycles. The van der Waals surface area contributed by atoms with Crippen LogP contribution in [-0.2, 0) is 0 Å². The van der Waals surface area contributed by atoms with Crippen LogP contribution >= 0.6 is 0 Å². The first kappa shape index (κ1) is 16.4. The lowest BCUT2D eigenvalue weighted by Crippen LogP contribution is -2.41. The van der Waals surface area contributed by atoms with Crippen molar-refractivity contribution in [2.75, 3.05) is 13.1 Å². The van der Waals surface area contributed by atoms with Crippen LogP contribution in [0.2, 0.25) is 0 Å². The predicted molar refractivity (Wildman–Crippen MR) is 91.9 cm³/mol. The Morgan fingerprint density at radius 3 is 2.29 bits per heavy atom. The molecule has 0 aromatic rings. The van der Waals surface area contributed by atoms with Crippen molar-refractivity contribution in [3.63, 3.8) is 0 Å². The Balaban J connectivity index is 2.05. The van der Waals surface area contributed by atoms with Gasteiger partial charge in [0, 0.05) is 24.7 Å². The molecule has 0 aromatic heterocycles. The summed E-state index contributed by atoms with van der Waals surface area (Å²) >= 11 is 0. The third kappa shape index (κ3) is 3.60. The monoisotopic (exact) mass is 288 g/mol. The highest BCUT2D eigenvalue weighted by molar-refractivity contribution is 5.18. The van der Waals surface area contributed by atoms with E-state index in [0.29, 0.717) is 11.8 Å². The SMILES string of the molecule is C=C(C1CCC1)C(C)C(/C=C\C)C(N)C(=C)N1CCCC1. The fourth-order valence-electron chi connectivity index (χ4n) is 3.65. The van der Waals surface area contributed by atoms with Crippen molar-refractivity contribution in [3.8, 4) is 0 Å². The Labute approximate surface area is 130 Å². The van der Waals surface area contributed by atoms with Gasteiger partial charge in [-0.25, -0.2) is 0 Å². The zero-order valence-corrected chi connectivity index (χ0v) is 13.9. The van der Waals surface area contributed by atoms with Gasteiger partial charge in [0.25, 0.3) is 0 Å². The molecule has 0 radical (unpaired) electrons. The average molecular weight is 288 g/mol. The number of nitrogens with two attached hydrogens (primary N) is 1. The molecule has 2 N–H and O–H groups in total. The number of likely N-dealkylation sites (tertiary alicyclic amines) is 1. The number of nitrogens with zero attached hydrogens (tertiary/aromatic N) is 1. The topological polar surface area (TPSA) is 29.3 Å². The molecule has 1 aliphatic carbocycles. The normalized spacial score (nSPS) is 23.9. The minimum atomic E-state index is 0.00567. The van der Waals surface area contributed by atoms with Gasteiger partial charge in [-0.3, -0.25) is 0 Å². The Kier molecular flexibility index (Phi) is 5.69. The van der Waals surface area contributed by atoms with Crippen molar-refractivity contribution < 1.29 is 0 Å². The molecule has 2 rings (SSSR count). The van der Waals surface area contributed by atoms with Crippen LogP contribution in [0.25, 0.3) is 0 Å². The highest BCUT2D eigenvalue weighted by Gasteiger charge is 2.32. The van der Waals surface area contributed by atoms with Crippen LogP contribution in [0.4, 0.5) is 0 Å². The molecule has 1 aliphatic heterocycles. The number of hydrogen-bond acceptors (Lipinski definition) is 2. The van der Waals surface area contributed by atoms with E-state index >= 15 is 0 Å². The smallest absolute Gasteiger partial charge is 0.0509 e. The van der Waals surface area contributed by atoms with E-state index in [4.69, 9.17) is 5.73 Å². The zero-order valence-electron chi connectivity index (χ0n) is 13.9.